The van der Waals surface area contributed by atoms with Crippen molar-refractivity contribution in [3.05, 3.63) is 4.77 Å². The molecule has 0 aliphatic heterocycles. The molecule has 1 heterocycles. The molecule has 0 bridgehead atoms. The van der Waals surface area contributed by atoms with Gasteiger partial charge in [-0.05, 0) is 26.1 Å². The Morgan fingerprint density at radius 1 is 1.38 bits per heavy atom. The topological polar surface area (TPSA) is 70.8 Å². The molecule has 0 aliphatic carbocycles. The Hall–Kier alpha value is -1.17. The van der Waals surface area contributed by atoms with Crippen LogP contribution in [0.2, 0.25) is 0 Å². The molecule has 0 spiro atoms. The maximum atomic E-state index is 5.51. The zero-order chi connectivity index (χ0) is 9.84. The summed E-state index contributed by atoms with van der Waals surface area (Å²) in [5.41, 5.74) is 5.51. The van der Waals surface area contributed by atoms with Crippen LogP contribution < -0.4 is 10.6 Å². The van der Waals surface area contributed by atoms with E-state index in [0.717, 1.165) is 13.1 Å². The summed E-state index contributed by atoms with van der Waals surface area (Å²) in [6, 6.07) is 0. The Kier molecular flexibility index (Phi) is 3.18. The molecule has 13 heavy (non-hydrogen) atoms. The minimum atomic E-state index is 0.276. The average molecular weight is 199 g/mol. The molecule has 0 aliphatic rings. The summed E-state index contributed by atoms with van der Waals surface area (Å²) < 4.78 is 0.276. The van der Waals surface area contributed by atoms with Crippen LogP contribution in [0.4, 0.5) is 11.9 Å². The molecule has 0 radical (unpaired) electrons. The van der Waals surface area contributed by atoms with E-state index in [2.05, 4.69) is 15.0 Å². The van der Waals surface area contributed by atoms with Gasteiger partial charge >= 0.3 is 0 Å². The van der Waals surface area contributed by atoms with Crippen molar-refractivity contribution in [1.29, 1.82) is 0 Å². The first-order chi connectivity index (χ1) is 6.17. The van der Waals surface area contributed by atoms with E-state index >= 15 is 0 Å². The second-order valence-electron chi connectivity index (χ2n) is 2.51. The van der Waals surface area contributed by atoms with Gasteiger partial charge in [0.2, 0.25) is 16.7 Å². The van der Waals surface area contributed by atoms with Gasteiger partial charge in [0.05, 0.1) is 0 Å². The molecule has 0 atom stereocenters. The summed E-state index contributed by atoms with van der Waals surface area (Å²) >= 11 is 4.85. The zero-order valence-electron chi connectivity index (χ0n) is 7.74. The maximum Gasteiger partial charge on any atom is 0.225 e. The van der Waals surface area contributed by atoms with E-state index in [0.29, 0.717) is 11.9 Å². The van der Waals surface area contributed by atoms with Crippen LogP contribution in [0.1, 0.15) is 13.8 Å². The van der Waals surface area contributed by atoms with Gasteiger partial charge in [0, 0.05) is 13.1 Å². The Bertz CT molecular complexity index is 330. The number of hydrogen-bond acceptors (Lipinski definition) is 5. The van der Waals surface area contributed by atoms with Crippen molar-refractivity contribution in [2.75, 3.05) is 23.7 Å². The van der Waals surface area contributed by atoms with Crippen molar-refractivity contribution < 1.29 is 0 Å². The predicted molar refractivity (Wildman–Crippen MR) is 55.2 cm³/mol. The number of nitrogens with one attached hydrogen (secondary N) is 1. The summed E-state index contributed by atoms with van der Waals surface area (Å²) in [7, 11) is 0. The van der Waals surface area contributed by atoms with E-state index in [4.69, 9.17) is 18.0 Å². The van der Waals surface area contributed by atoms with Gasteiger partial charge in [-0.2, -0.15) is 9.97 Å². The highest BCUT2D eigenvalue weighted by atomic mass is 32.1. The second kappa shape index (κ2) is 4.18. The predicted octanol–water partition coefficient (Wildman–Crippen LogP) is 0.963. The molecule has 1 rings (SSSR count). The number of rotatable bonds is 3. The Morgan fingerprint density at radius 2 is 2.00 bits per heavy atom. The number of aromatic nitrogens is 3. The van der Waals surface area contributed by atoms with Gasteiger partial charge in [-0.25, -0.2) is 0 Å². The standard InChI is InChI=1S/C7H13N5S/c1-3-12(4-2)6-9-5(8)10-7(13)11-6/h3-4H2,1-2H3,(H3,8,9,10,11,13). The van der Waals surface area contributed by atoms with Crippen LogP contribution in [0.5, 0.6) is 0 Å². The van der Waals surface area contributed by atoms with Crippen LogP contribution in [0, 0.1) is 4.77 Å². The van der Waals surface area contributed by atoms with Gasteiger partial charge < -0.3 is 10.6 Å². The third kappa shape index (κ3) is 2.38. The second-order valence-corrected chi connectivity index (χ2v) is 2.88. The number of H-pyrrole nitrogens is 1. The lowest BCUT2D eigenvalue weighted by Gasteiger charge is -2.18. The van der Waals surface area contributed by atoms with Crippen molar-refractivity contribution in [3.8, 4) is 0 Å². The molecule has 0 amide bonds. The first-order valence-corrected chi connectivity index (χ1v) is 4.57. The minimum absolute atomic E-state index is 0.276. The summed E-state index contributed by atoms with van der Waals surface area (Å²) in [6.45, 7) is 5.80. The van der Waals surface area contributed by atoms with Crippen LogP contribution in [0.3, 0.4) is 0 Å². The largest absolute Gasteiger partial charge is 0.369 e. The van der Waals surface area contributed by atoms with Gasteiger partial charge in [-0.1, -0.05) is 0 Å². The van der Waals surface area contributed by atoms with Crippen molar-refractivity contribution in [2.45, 2.75) is 13.8 Å². The molecule has 0 saturated heterocycles. The third-order valence-electron chi connectivity index (χ3n) is 1.72. The molecule has 72 valence electrons. The summed E-state index contributed by atoms with van der Waals surface area (Å²) in [5.74, 6) is 0.990. The molecule has 0 fully saturated rings. The minimum Gasteiger partial charge on any atom is -0.369 e. The van der Waals surface area contributed by atoms with Crippen LogP contribution >= 0.6 is 12.2 Å². The number of nitrogens with two attached hydrogens (primary N) is 1. The van der Waals surface area contributed by atoms with Gasteiger partial charge in [-0.3, -0.25) is 4.98 Å². The lowest BCUT2D eigenvalue weighted by molar-refractivity contribution is 0.811. The summed E-state index contributed by atoms with van der Waals surface area (Å²) in [5, 5.41) is 0. The van der Waals surface area contributed by atoms with Crippen molar-refractivity contribution in [3.63, 3.8) is 0 Å². The fourth-order valence-corrected chi connectivity index (χ4v) is 1.25. The molecule has 6 heteroatoms. The highest BCUT2D eigenvalue weighted by Crippen LogP contribution is 2.06. The van der Waals surface area contributed by atoms with Gasteiger partial charge in [0.1, 0.15) is 0 Å². The third-order valence-corrected chi connectivity index (χ3v) is 1.90. The van der Waals surface area contributed by atoms with E-state index in [-0.39, 0.29) is 4.77 Å². The molecule has 1 aromatic heterocycles. The Morgan fingerprint density at radius 3 is 2.46 bits per heavy atom. The summed E-state index contributed by atoms with van der Waals surface area (Å²) in [4.78, 5) is 12.7. The SMILES string of the molecule is CCN(CC)c1nc(=S)nc(N)[nH]1. The van der Waals surface area contributed by atoms with Crippen molar-refractivity contribution in [2.24, 2.45) is 0 Å². The highest BCUT2D eigenvalue weighted by Gasteiger charge is 2.04. The van der Waals surface area contributed by atoms with Crippen molar-refractivity contribution in [1.82, 2.24) is 15.0 Å². The molecule has 0 unspecified atom stereocenters. The summed E-state index contributed by atoms with van der Waals surface area (Å²) in [6.07, 6.45) is 0. The number of nitrogen functional groups attached to an aromatic ring is 1. The first-order valence-electron chi connectivity index (χ1n) is 4.16. The molecule has 0 saturated carbocycles. The number of nitrogens with zero attached hydrogens (tertiary/aromatic N) is 3. The van der Waals surface area contributed by atoms with E-state index in [1.165, 1.54) is 0 Å². The number of aromatic amines is 1. The molecule has 5 nitrogen and oxygen atoms in total. The zero-order valence-corrected chi connectivity index (χ0v) is 8.56. The van der Waals surface area contributed by atoms with E-state index in [9.17, 15) is 0 Å². The fourth-order valence-electron chi connectivity index (χ4n) is 1.06. The molecular weight excluding hydrogens is 186 g/mol. The highest BCUT2D eigenvalue weighted by molar-refractivity contribution is 7.71. The van der Waals surface area contributed by atoms with E-state index in [1.807, 2.05) is 18.7 Å². The maximum absolute atomic E-state index is 5.51. The molecule has 3 N–H and O–H groups in total. The van der Waals surface area contributed by atoms with Crippen LogP contribution in [0.15, 0.2) is 0 Å². The van der Waals surface area contributed by atoms with Crippen LogP contribution in [-0.4, -0.2) is 28.0 Å². The normalized spacial score (nSPS) is 10.0. The Balaban J connectivity index is 3.06. The van der Waals surface area contributed by atoms with E-state index in [1.54, 1.807) is 0 Å². The number of anilines is 2. The van der Waals surface area contributed by atoms with Gasteiger partial charge in [0.15, 0.2) is 0 Å². The smallest absolute Gasteiger partial charge is 0.225 e. The molecular formula is C7H13N5S. The monoisotopic (exact) mass is 199 g/mol. The fraction of sp³-hybridized carbons (Fsp3) is 0.571. The lowest BCUT2D eigenvalue weighted by Crippen LogP contribution is -2.24. The quantitative estimate of drug-likeness (QED) is 0.710. The van der Waals surface area contributed by atoms with Gasteiger partial charge in [-0.15, -0.1) is 0 Å². The molecule has 0 aromatic carbocycles. The van der Waals surface area contributed by atoms with Crippen LogP contribution in [0.25, 0.3) is 0 Å². The van der Waals surface area contributed by atoms with Gasteiger partial charge in [0.25, 0.3) is 0 Å². The number of hydrogen-bond donors (Lipinski definition) is 2. The first kappa shape index (κ1) is 9.91. The average Bonchev–Trinajstić information content (AvgIpc) is 2.04. The lowest BCUT2D eigenvalue weighted by atomic mass is 10.5. The van der Waals surface area contributed by atoms with E-state index < -0.39 is 0 Å². The Labute approximate surface area is 82.0 Å². The van der Waals surface area contributed by atoms with Crippen molar-refractivity contribution >= 4 is 24.1 Å². The van der Waals surface area contributed by atoms with Crippen LogP contribution in [-0.2, 0) is 0 Å². The molecule has 1 aromatic rings.